The fourth-order valence-electron chi connectivity index (χ4n) is 8.77. The number of primary amides is 2. The van der Waals surface area contributed by atoms with Crippen LogP contribution >= 0.6 is 0 Å². The third kappa shape index (κ3) is 17.7. The van der Waals surface area contributed by atoms with E-state index in [1.54, 1.807) is 55.7 Å². The number of halogens is 2. The minimum atomic E-state index is -2.16. The summed E-state index contributed by atoms with van der Waals surface area (Å²) in [6.07, 6.45) is -1.72. The van der Waals surface area contributed by atoms with Gasteiger partial charge in [-0.3, -0.25) is 47.9 Å². The summed E-state index contributed by atoms with van der Waals surface area (Å²) in [5.74, 6) is -14.6. The van der Waals surface area contributed by atoms with E-state index in [0.717, 1.165) is 42.5 Å². The van der Waals surface area contributed by atoms with Gasteiger partial charge in [-0.25, -0.2) is 18.4 Å². The quantitative estimate of drug-likeness (QED) is 0.0450. The maximum atomic E-state index is 15.5. The number of aromatic nitrogens is 1. The van der Waals surface area contributed by atoms with Crippen LogP contribution in [-0.2, 0) is 68.9 Å². The van der Waals surface area contributed by atoms with Crippen molar-refractivity contribution in [3.63, 3.8) is 0 Å². The van der Waals surface area contributed by atoms with Crippen molar-refractivity contribution < 1.29 is 81.4 Å². The fraction of sp³-hybridized carbons (Fsp3) is 0.462. The molecule has 0 unspecified atom stereocenters. The highest BCUT2D eigenvalue weighted by molar-refractivity contribution is 6.02. The van der Waals surface area contributed by atoms with E-state index in [9.17, 15) is 72.1 Å². The lowest BCUT2D eigenvalue weighted by atomic mass is 9.82. The molecule has 1 aromatic heterocycles. The molecule has 27 heteroatoms. The molecule has 10 N–H and O–H groups in total. The molecule has 79 heavy (non-hydrogen) atoms. The number of aliphatic hydroxyl groups is 1. The van der Waals surface area contributed by atoms with Crippen molar-refractivity contribution in [3.05, 3.63) is 83.7 Å². The predicted octanol–water partition coefficient (Wildman–Crippen LogP) is 0.199. The smallest absolute Gasteiger partial charge is 0.333 e. The van der Waals surface area contributed by atoms with Gasteiger partial charge in [0.15, 0.2) is 0 Å². The van der Waals surface area contributed by atoms with E-state index < -0.39 is 170 Å². The summed E-state index contributed by atoms with van der Waals surface area (Å²) in [6.45, 7) is 6.02. The van der Waals surface area contributed by atoms with Crippen LogP contribution in [0.25, 0.3) is 11.1 Å². The van der Waals surface area contributed by atoms with Crippen LogP contribution in [0.5, 0.6) is 0 Å². The van der Waals surface area contributed by atoms with Crippen LogP contribution in [0, 0.1) is 17.0 Å². The second kappa shape index (κ2) is 28.1. The predicted molar refractivity (Wildman–Crippen MR) is 273 cm³/mol. The van der Waals surface area contributed by atoms with E-state index in [1.807, 2.05) is 0 Å². The summed E-state index contributed by atoms with van der Waals surface area (Å²) in [4.78, 5) is 163. The lowest BCUT2D eigenvalue weighted by Crippen LogP contribution is -2.64. The summed E-state index contributed by atoms with van der Waals surface area (Å²) in [7, 11) is 0. The number of nitrogens with two attached hydrogens (primary N) is 2. The normalized spacial score (nSPS) is 14.6. The SMILES string of the molecule is CC(=O)N[C@@H](C)C(=O)N[C@H](C)C(=O)N([C@@H](CC(N)=O)C(N)=O)[C@@H](CCN(C(=O)CO)[C@@H](c1cc(-c2cc(F)ccc2F)cn1Cc1ccccc1)C(C)(C)C)C(=O)N[C@H](CNC(=O)CCCC(=O)ON1C(=O)CCC1=O)C(=O)O. The largest absolute Gasteiger partial charge is 0.480 e. The molecule has 0 spiro atoms. The molecule has 25 nitrogen and oxygen atoms in total. The average Bonchev–Trinajstić information content (AvgIpc) is 4.03. The molecule has 1 aliphatic rings. The molecular weight excluding hydrogens is 1040 g/mol. The minimum absolute atomic E-state index is 0.0917. The molecule has 0 bridgehead atoms. The van der Waals surface area contributed by atoms with E-state index >= 15 is 4.39 Å². The van der Waals surface area contributed by atoms with Gasteiger partial charge in [-0.1, -0.05) is 51.1 Å². The van der Waals surface area contributed by atoms with Crippen LogP contribution < -0.4 is 32.7 Å². The van der Waals surface area contributed by atoms with Crippen molar-refractivity contribution in [1.29, 1.82) is 0 Å². The van der Waals surface area contributed by atoms with Gasteiger partial charge in [0.05, 0.1) is 12.5 Å². The molecule has 428 valence electrons. The Morgan fingerprint density at radius 2 is 1.48 bits per heavy atom. The molecule has 1 saturated heterocycles. The van der Waals surface area contributed by atoms with Gasteiger partial charge in [-0.15, -0.1) is 5.06 Å². The van der Waals surface area contributed by atoms with Crippen molar-refractivity contribution >= 4 is 71.0 Å². The zero-order chi connectivity index (χ0) is 59.1. The molecule has 0 saturated carbocycles. The lowest BCUT2D eigenvalue weighted by Gasteiger charge is -2.43. The number of amides is 10. The number of carboxylic acids is 1. The number of rotatable bonds is 28. The number of imide groups is 1. The monoisotopic (exact) mass is 1110 g/mol. The highest BCUT2D eigenvalue weighted by Gasteiger charge is 2.44. The second-order valence-electron chi connectivity index (χ2n) is 19.8. The van der Waals surface area contributed by atoms with Crippen LogP contribution in [0.15, 0.2) is 60.8 Å². The number of carboxylic acid groups (broad SMARTS) is 1. The van der Waals surface area contributed by atoms with Gasteiger partial charge < -0.3 is 62.2 Å². The number of hydroxylamine groups is 2. The Morgan fingerprint density at radius 1 is 0.835 bits per heavy atom. The van der Waals surface area contributed by atoms with E-state index in [1.165, 1.54) is 19.2 Å². The highest BCUT2D eigenvalue weighted by Crippen LogP contribution is 2.41. The van der Waals surface area contributed by atoms with Gasteiger partial charge in [-0.2, -0.15) is 0 Å². The number of aliphatic carboxylic acids is 1. The van der Waals surface area contributed by atoms with Gasteiger partial charge in [-0.05, 0) is 61.9 Å². The third-order valence-electron chi connectivity index (χ3n) is 12.5. The standard InChI is InChI=1S/C52H66F2N10O15/c1-28(58-30(3)66)48(74)59-29(2)50(76)63(39(47(56)73)23-40(55)67)37(49(75)60-36(51(77)78)24-57-41(68)13-10-14-45(72)79-64-42(69)17-18-43(64)70)19-20-62(44(71)27-65)46(52(4,5)6)38-21-32(34-22-33(53)15-16-35(34)54)26-61(38)25-31-11-8-7-9-12-31/h7-9,11-12,15-16,21-22,26,28-29,36-37,39,46,65H,10,13-14,17-20,23-25,27H2,1-6H3,(H2,55,67)(H2,56,73)(H,57,68)(H,58,66)(H,59,74)(H,60,75)(H,77,78)/t28-,29+,36+,37-,39-,46-/m0/s1. The Labute approximate surface area is 452 Å². The van der Waals surface area contributed by atoms with Gasteiger partial charge in [0.2, 0.25) is 47.3 Å². The zero-order valence-electron chi connectivity index (χ0n) is 44.4. The summed E-state index contributed by atoms with van der Waals surface area (Å²) in [6, 6.07) is 2.73. The number of hydrogen-bond acceptors (Lipinski definition) is 14. The van der Waals surface area contributed by atoms with Gasteiger partial charge in [0.1, 0.15) is 48.5 Å². The molecule has 3 aromatic rings. The summed E-state index contributed by atoms with van der Waals surface area (Å²) < 4.78 is 31.9. The Balaban J connectivity index is 1.83. The van der Waals surface area contributed by atoms with E-state index in [4.69, 9.17) is 16.3 Å². The van der Waals surface area contributed by atoms with E-state index in [-0.39, 0.29) is 42.6 Å². The van der Waals surface area contributed by atoms with E-state index in [0.29, 0.717) is 9.96 Å². The molecule has 0 radical (unpaired) electrons. The minimum Gasteiger partial charge on any atom is -0.480 e. The summed E-state index contributed by atoms with van der Waals surface area (Å²) >= 11 is 0. The maximum absolute atomic E-state index is 15.5. The molecule has 1 fully saturated rings. The highest BCUT2D eigenvalue weighted by atomic mass is 19.1. The summed E-state index contributed by atoms with van der Waals surface area (Å²) in [5, 5.41) is 30.4. The second-order valence-corrected chi connectivity index (χ2v) is 19.8. The molecule has 10 amide bonds. The summed E-state index contributed by atoms with van der Waals surface area (Å²) in [5.41, 5.74) is 11.3. The van der Waals surface area contributed by atoms with Crippen LogP contribution in [0.2, 0.25) is 0 Å². The van der Waals surface area contributed by atoms with Crippen molar-refractivity contribution in [2.75, 3.05) is 19.7 Å². The van der Waals surface area contributed by atoms with Crippen molar-refractivity contribution in [1.82, 2.24) is 40.7 Å². The van der Waals surface area contributed by atoms with Crippen molar-refractivity contribution in [2.24, 2.45) is 16.9 Å². The molecule has 1 aliphatic heterocycles. The first-order valence-electron chi connectivity index (χ1n) is 25.0. The number of nitrogens with one attached hydrogen (secondary N) is 4. The molecule has 0 aliphatic carbocycles. The zero-order valence-corrected chi connectivity index (χ0v) is 44.4. The van der Waals surface area contributed by atoms with Gasteiger partial charge in [0.25, 0.3) is 11.8 Å². The van der Waals surface area contributed by atoms with Crippen LogP contribution in [0.4, 0.5) is 8.78 Å². The molecule has 4 rings (SSSR count). The first-order chi connectivity index (χ1) is 37.0. The van der Waals surface area contributed by atoms with Crippen molar-refractivity contribution in [3.8, 4) is 11.1 Å². The van der Waals surface area contributed by atoms with Crippen LogP contribution in [0.1, 0.15) is 104 Å². The van der Waals surface area contributed by atoms with Gasteiger partial charge in [0, 0.05) is 75.3 Å². The number of benzene rings is 2. The molecular formula is C52H66F2N10O15. The van der Waals surface area contributed by atoms with Crippen LogP contribution in [0.3, 0.4) is 0 Å². The number of aliphatic hydroxyl groups excluding tert-OH is 1. The van der Waals surface area contributed by atoms with E-state index in [2.05, 4.69) is 21.3 Å². The Kier molecular flexibility index (Phi) is 22.4. The number of hydrogen-bond donors (Lipinski definition) is 8. The number of nitrogens with zero attached hydrogens (tertiary/aromatic N) is 4. The molecule has 2 aromatic carbocycles. The Bertz CT molecular complexity index is 2790. The Hall–Kier alpha value is -8.62. The van der Waals surface area contributed by atoms with Gasteiger partial charge >= 0.3 is 11.9 Å². The van der Waals surface area contributed by atoms with Crippen LogP contribution in [-0.4, -0.2) is 151 Å². The first kappa shape index (κ1) is 62.9. The number of carbonyl (C=O) groups excluding carboxylic acids is 11. The average molecular weight is 1110 g/mol. The Morgan fingerprint density at radius 3 is 2.05 bits per heavy atom. The molecule has 2 heterocycles. The third-order valence-corrected chi connectivity index (χ3v) is 12.5. The maximum Gasteiger partial charge on any atom is 0.333 e. The first-order valence-corrected chi connectivity index (χ1v) is 25.0. The lowest BCUT2D eigenvalue weighted by molar-refractivity contribution is -0.197. The topological polar surface area (TPSA) is 369 Å². The fourth-order valence-corrected chi connectivity index (χ4v) is 8.77. The van der Waals surface area contributed by atoms with Crippen molar-refractivity contribution in [2.45, 2.75) is 129 Å². The molecule has 6 atom stereocenters. The number of carbonyl (C=O) groups is 12.